The minimum Gasteiger partial charge on any atom is -0.480 e. The first-order valence-electron chi connectivity index (χ1n) is 3.40. The highest BCUT2D eigenvalue weighted by molar-refractivity contribution is 5.88. The maximum Gasteiger partial charge on any atom is 0.236 e. The van der Waals surface area contributed by atoms with Crippen LogP contribution >= 0.6 is 0 Å². The van der Waals surface area contributed by atoms with Gasteiger partial charge >= 0.3 is 0 Å². The van der Waals surface area contributed by atoms with E-state index in [1.165, 1.54) is 7.11 Å². The normalized spacial score (nSPS) is 16.4. The summed E-state index contributed by atoms with van der Waals surface area (Å²) in [4.78, 5) is 0. The van der Waals surface area contributed by atoms with Crippen molar-refractivity contribution in [1.82, 2.24) is 10.7 Å². The van der Waals surface area contributed by atoms with E-state index < -0.39 is 0 Å². The van der Waals surface area contributed by atoms with Gasteiger partial charge in [-0.1, -0.05) is 0 Å². The van der Waals surface area contributed by atoms with Crippen molar-refractivity contribution in [2.24, 2.45) is 10.9 Å². The SMILES string of the molecule is COCC1=CC(OC)=NN(N)N1. The molecular formula is C6H12N4O2. The summed E-state index contributed by atoms with van der Waals surface area (Å²) in [6.07, 6.45) is 1.72. The van der Waals surface area contributed by atoms with E-state index in [9.17, 15) is 0 Å². The van der Waals surface area contributed by atoms with Crippen LogP contribution < -0.4 is 11.3 Å². The van der Waals surface area contributed by atoms with Crippen molar-refractivity contribution in [1.29, 1.82) is 0 Å². The fraction of sp³-hybridized carbons (Fsp3) is 0.500. The molecule has 12 heavy (non-hydrogen) atoms. The average Bonchev–Trinajstić information content (AvgIpc) is 2.04. The summed E-state index contributed by atoms with van der Waals surface area (Å²) < 4.78 is 9.79. The van der Waals surface area contributed by atoms with Crippen LogP contribution in [-0.4, -0.2) is 32.0 Å². The Balaban J connectivity index is 2.64. The number of rotatable bonds is 2. The molecule has 0 amide bonds. The van der Waals surface area contributed by atoms with Gasteiger partial charge < -0.3 is 9.47 Å². The number of ether oxygens (including phenoxy) is 2. The molecule has 0 saturated heterocycles. The van der Waals surface area contributed by atoms with E-state index in [4.69, 9.17) is 15.3 Å². The van der Waals surface area contributed by atoms with Crippen molar-refractivity contribution < 1.29 is 9.47 Å². The molecule has 0 aliphatic carbocycles. The molecule has 0 saturated carbocycles. The van der Waals surface area contributed by atoms with E-state index in [2.05, 4.69) is 10.5 Å². The van der Waals surface area contributed by atoms with Crippen LogP contribution in [0.5, 0.6) is 0 Å². The molecule has 0 aromatic carbocycles. The van der Waals surface area contributed by atoms with Crippen LogP contribution in [0.2, 0.25) is 0 Å². The number of nitrogens with zero attached hydrogens (tertiary/aromatic N) is 2. The zero-order valence-corrected chi connectivity index (χ0v) is 7.07. The number of hydrogen-bond donors (Lipinski definition) is 2. The van der Waals surface area contributed by atoms with Crippen LogP contribution in [0.3, 0.4) is 0 Å². The van der Waals surface area contributed by atoms with E-state index in [-0.39, 0.29) is 0 Å². The number of methoxy groups -OCH3 is 2. The Morgan fingerprint density at radius 2 is 2.42 bits per heavy atom. The number of hydrogen-bond acceptors (Lipinski definition) is 6. The maximum atomic E-state index is 5.38. The predicted octanol–water partition coefficient (Wildman–Crippen LogP) is -0.829. The third kappa shape index (κ3) is 2.11. The van der Waals surface area contributed by atoms with Crippen molar-refractivity contribution in [2.45, 2.75) is 0 Å². The third-order valence-electron chi connectivity index (χ3n) is 1.27. The van der Waals surface area contributed by atoms with Gasteiger partial charge in [0.2, 0.25) is 5.90 Å². The first kappa shape index (κ1) is 8.82. The van der Waals surface area contributed by atoms with Crippen molar-refractivity contribution in [2.75, 3.05) is 20.8 Å². The summed E-state index contributed by atoms with van der Waals surface area (Å²) in [7, 11) is 3.13. The topological polar surface area (TPSA) is 72.1 Å². The van der Waals surface area contributed by atoms with Crippen molar-refractivity contribution in [3.05, 3.63) is 11.8 Å². The van der Waals surface area contributed by atoms with Gasteiger partial charge in [0.25, 0.3) is 0 Å². The minimum absolute atomic E-state index is 0.441. The summed E-state index contributed by atoms with van der Waals surface area (Å²) in [5, 5.41) is 4.87. The summed E-state index contributed by atoms with van der Waals surface area (Å²) in [6, 6.07) is 0. The van der Waals surface area contributed by atoms with Crippen molar-refractivity contribution in [3.63, 3.8) is 0 Å². The molecule has 0 atom stereocenters. The van der Waals surface area contributed by atoms with Crippen LogP contribution in [0.1, 0.15) is 0 Å². The molecule has 0 aromatic heterocycles. The van der Waals surface area contributed by atoms with E-state index in [1.54, 1.807) is 13.2 Å². The summed E-state index contributed by atoms with van der Waals surface area (Å²) in [5.74, 6) is 5.83. The van der Waals surface area contributed by atoms with E-state index in [0.29, 0.717) is 12.5 Å². The summed E-state index contributed by atoms with van der Waals surface area (Å²) in [6.45, 7) is 0.441. The fourth-order valence-electron chi connectivity index (χ4n) is 0.818. The molecule has 1 aliphatic rings. The zero-order chi connectivity index (χ0) is 8.97. The molecule has 3 N–H and O–H groups in total. The highest BCUT2D eigenvalue weighted by Crippen LogP contribution is 1.99. The molecule has 0 aromatic rings. The molecular weight excluding hydrogens is 160 g/mol. The third-order valence-corrected chi connectivity index (χ3v) is 1.27. The minimum atomic E-state index is 0.441. The second-order valence-corrected chi connectivity index (χ2v) is 2.20. The van der Waals surface area contributed by atoms with Crippen LogP contribution in [0, 0.1) is 0 Å². The Hall–Kier alpha value is -1.27. The smallest absolute Gasteiger partial charge is 0.236 e. The molecule has 1 aliphatic heterocycles. The van der Waals surface area contributed by atoms with Crippen LogP contribution in [-0.2, 0) is 9.47 Å². The Kier molecular flexibility index (Phi) is 2.89. The van der Waals surface area contributed by atoms with Gasteiger partial charge in [0, 0.05) is 13.2 Å². The van der Waals surface area contributed by atoms with Gasteiger partial charge in [-0.25, -0.2) is 5.84 Å². The Morgan fingerprint density at radius 3 is 3.00 bits per heavy atom. The quantitative estimate of drug-likeness (QED) is 0.532. The molecule has 0 unspecified atom stereocenters. The molecule has 6 nitrogen and oxygen atoms in total. The lowest BCUT2D eigenvalue weighted by molar-refractivity contribution is 0.166. The maximum absolute atomic E-state index is 5.38. The largest absolute Gasteiger partial charge is 0.480 e. The standard InChI is InChI=1S/C6H12N4O2/c1-11-4-5-3-6(12-2)9-10(7)8-5/h3,8H,4,7H2,1-2H3. The van der Waals surface area contributed by atoms with Gasteiger partial charge in [-0.15, -0.1) is 10.3 Å². The van der Waals surface area contributed by atoms with Crippen LogP contribution in [0.25, 0.3) is 0 Å². The Bertz CT molecular complexity index is 214. The molecule has 0 fully saturated rings. The Labute approximate surface area is 70.6 Å². The van der Waals surface area contributed by atoms with Gasteiger partial charge in [-0.05, 0) is 0 Å². The summed E-state index contributed by atoms with van der Waals surface area (Å²) in [5.41, 5.74) is 3.56. The lowest BCUT2D eigenvalue weighted by atomic mass is 10.4. The molecule has 68 valence electrons. The lowest BCUT2D eigenvalue weighted by Gasteiger charge is -2.21. The van der Waals surface area contributed by atoms with Crippen molar-refractivity contribution in [3.8, 4) is 0 Å². The molecule has 1 heterocycles. The van der Waals surface area contributed by atoms with Gasteiger partial charge in [0.05, 0.1) is 19.4 Å². The van der Waals surface area contributed by atoms with Gasteiger partial charge in [0.15, 0.2) is 0 Å². The van der Waals surface area contributed by atoms with Gasteiger partial charge in [-0.2, -0.15) is 0 Å². The molecule has 0 bridgehead atoms. The number of hydrazone groups is 1. The molecule has 0 radical (unpaired) electrons. The predicted molar refractivity (Wildman–Crippen MR) is 43.6 cm³/mol. The van der Waals surface area contributed by atoms with Crippen LogP contribution in [0.4, 0.5) is 0 Å². The second-order valence-electron chi connectivity index (χ2n) is 2.20. The second kappa shape index (κ2) is 3.93. The molecule has 1 rings (SSSR count). The fourth-order valence-corrected chi connectivity index (χ4v) is 0.818. The monoisotopic (exact) mass is 172 g/mol. The van der Waals surface area contributed by atoms with Gasteiger partial charge in [0.1, 0.15) is 0 Å². The van der Waals surface area contributed by atoms with E-state index in [0.717, 1.165) is 10.9 Å². The van der Waals surface area contributed by atoms with E-state index in [1.807, 2.05) is 0 Å². The number of hydrazine groups is 2. The molecule has 6 heteroatoms. The van der Waals surface area contributed by atoms with Crippen molar-refractivity contribution >= 4 is 5.90 Å². The van der Waals surface area contributed by atoms with Crippen LogP contribution in [0.15, 0.2) is 16.9 Å². The molecule has 0 spiro atoms. The lowest BCUT2D eigenvalue weighted by Crippen LogP contribution is -2.43. The van der Waals surface area contributed by atoms with E-state index >= 15 is 0 Å². The zero-order valence-electron chi connectivity index (χ0n) is 7.07. The Morgan fingerprint density at radius 1 is 1.67 bits per heavy atom. The highest BCUT2D eigenvalue weighted by Gasteiger charge is 2.09. The first-order chi connectivity index (χ1) is 5.76. The number of nitrogens with two attached hydrogens (primary N) is 1. The van der Waals surface area contributed by atoms with Gasteiger partial charge in [-0.3, -0.25) is 5.43 Å². The first-order valence-corrected chi connectivity index (χ1v) is 3.40. The average molecular weight is 172 g/mol. The highest BCUT2D eigenvalue weighted by atomic mass is 16.5. The number of nitrogens with one attached hydrogen (secondary N) is 1. The summed E-state index contributed by atoms with van der Waals surface area (Å²) >= 11 is 0.